The standard InChI is InChI=1S/C9H7N5/c1-2-10-3-7-6(1)9-8(4-13-14-9)12-5-11-7/h1-5,13-14H. The van der Waals surface area contributed by atoms with Crippen LogP contribution in [0.3, 0.4) is 0 Å². The van der Waals surface area contributed by atoms with E-state index in [2.05, 4.69) is 25.8 Å². The summed E-state index contributed by atoms with van der Waals surface area (Å²) in [4.78, 5) is 12.4. The van der Waals surface area contributed by atoms with E-state index < -0.39 is 0 Å². The van der Waals surface area contributed by atoms with Gasteiger partial charge < -0.3 is 5.43 Å². The van der Waals surface area contributed by atoms with Gasteiger partial charge in [-0.15, -0.1) is 0 Å². The van der Waals surface area contributed by atoms with Gasteiger partial charge in [-0.3, -0.25) is 10.4 Å². The highest BCUT2D eigenvalue weighted by atomic mass is 15.4. The molecule has 0 amide bonds. The number of aromatic nitrogens is 1. The Hall–Kier alpha value is -2.17. The van der Waals surface area contributed by atoms with Gasteiger partial charge >= 0.3 is 0 Å². The van der Waals surface area contributed by atoms with Crippen LogP contribution in [0.2, 0.25) is 0 Å². The van der Waals surface area contributed by atoms with Gasteiger partial charge in [0.1, 0.15) is 12.0 Å². The summed E-state index contributed by atoms with van der Waals surface area (Å²) in [6.07, 6.45) is 6.80. The number of nitrogens with one attached hydrogen (secondary N) is 2. The third-order valence-corrected chi connectivity index (χ3v) is 2.13. The summed E-state index contributed by atoms with van der Waals surface area (Å²) in [5.74, 6) is 0. The van der Waals surface area contributed by atoms with Crippen molar-refractivity contribution in [2.45, 2.75) is 0 Å². The summed E-state index contributed by atoms with van der Waals surface area (Å²) in [6, 6.07) is 1.91. The van der Waals surface area contributed by atoms with Crippen LogP contribution in [0.4, 0.5) is 0 Å². The van der Waals surface area contributed by atoms with E-state index in [4.69, 9.17) is 0 Å². The van der Waals surface area contributed by atoms with Crippen molar-refractivity contribution in [3.63, 3.8) is 0 Å². The van der Waals surface area contributed by atoms with Crippen molar-refractivity contribution in [1.29, 1.82) is 0 Å². The third kappa shape index (κ3) is 0.922. The number of hydrogen-bond acceptors (Lipinski definition) is 5. The van der Waals surface area contributed by atoms with Gasteiger partial charge in [0.15, 0.2) is 0 Å². The molecule has 1 aromatic rings. The van der Waals surface area contributed by atoms with Gasteiger partial charge in [0, 0.05) is 17.6 Å². The first kappa shape index (κ1) is 7.25. The molecule has 3 heterocycles. The average molecular weight is 185 g/mol. The van der Waals surface area contributed by atoms with Crippen molar-refractivity contribution < 1.29 is 0 Å². The number of rotatable bonds is 0. The second-order valence-electron chi connectivity index (χ2n) is 2.94. The Bertz CT molecular complexity index is 555. The molecule has 2 aliphatic heterocycles. The molecule has 0 radical (unpaired) electrons. The topological polar surface area (TPSA) is 61.7 Å². The maximum absolute atomic E-state index is 4.19. The van der Waals surface area contributed by atoms with Crippen LogP contribution >= 0.6 is 0 Å². The Morgan fingerprint density at radius 1 is 1.29 bits per heavy atom. The van der Waals surface area contributed by atoms with E-state index in [1.54, 1.807) is 18.6 Å². The van der Waals surface area contributed by atoms with Gasteiger partial charge in [-0.2, -0.15) is 0 Å². The van der Waals surface area contributed by atoms with E-state index in [9.17, 15) is 0 Å². The van der Waals surface area contributed by atoms with Crippen LogP contribution in [0.1, 0.15) is 0 Å². The highest BCUT2D eigenvalue weighted by Gasteiger charge is 2.12. The van der Waals surface area contributed by atoms with Crippen LogP contribution < -0.4 is 21.4 Å². The molecular formula is C9H7N5. The normalized spacial score (nSPS) is 16.9. The van der Waals surface area contributed by atoms with Crippen LogP contribution in [0, 0.1) is 0 Å². The second kappa shape index (κ2) is 2.66. The van der Waals surface area contributed by atoms with Gasteiger partial charge in [0.2, 0.25) is 0 Å². The predicted molar refractivity (Wildman–Crippen MR) is 51.3 cm³/mol. The molecular weight excluding hydrogens is 178 g/mol. The quantitative estimate of drug-likeness (QED) is 0.533. The SMILES string of the molecule is C1=NC2=CNNC2=c2ccncc2=N1. The minimum absolute atomic E-state index is 0.825. The monoisotopic (exact) mass is 185 g/mol. The zero-order chi connectivity index (χ0) is 9.38. The molecule has 0 spiro atoms. The minimum atomic E-state index is 0.825. The van der Waals surface area contributed by atoms with Crippen LogP contribution in [-0.4, -0.2) is 11.3 Å². The average Bonchev–Trinajstić information content (AvgIpc) is 2.61. The zero-order valence-electron chi connectivity index (χ0n) is 7.23. The van der Waals surface area contributed by atoms with E-state index in [0.717, 1.165) is 22.0 Å². The Balaban J connectivity index is 2.48. The lowest BCUT2D eigenvalue weighted by molar-refractivity contribution is 0.828. The molecule has 0 bridgehead atoms. The lowest BCUT2D eigenvalue weighted by Crippen LogP contribution is -2.33. The highest BCUT2D eigenvalue weighted by Crippen LogP contribution is 2.10. The fourth-order valence-electron chi connectivity index (χ4n) is 1.47. The van der Waals surface area contributed by atoms with Crippen molar-refractivity contribution in [1.82, 2.24) is 15.8 Å². The fourth-order valence-corrected chi connectivity index (χ4v) is 1.47. The van der Waals surface area contributed by atoms with E-state index >= 15 is 0 Å². The fraction of sp³-hybridized carbons (Fsp3) is 0. The molecule has 2 aliphatic rings. The van der Waals surface area contributed by atoms with Gasteiger partial charge in [-0.1, -0.05) is 0 Å². The minimum Gasteiger partial charge on any atom is -0.306 e. The number of nitrogens with zero attached hydrogens (tertiary/aromatic N) is 3. The first-order valence-corrected chi connectivity index (χ1v) is 4.22. The van der Waals surface area contributed by atoms with E-state index in [0.29, 0.717) is 0 Å². The first-order chi connectivity index (χ1) is 6.95. The summed E-state index contributed by atoms with van der Waals surface area (Å²) in [7, 11) is 0. The number of hydrogen-bond donors (Lipinski definition) is 2. The third-order valence-electron chi connectivity index (χ3n) is 2.13. The van der Waals surface area contributed by atoms with Crippen LogP contribution in [0.15, 0.2) is 40.3 Å². The molecule has 1 aromatic heterocycles. The summed E-state index contributed by atoms with van der Waals surface area (Å²) in [5.41, 5.74) is 7.74. The molecule has 0 aliphatic carbocycles. The van der Waals surface area contributed by atoms with Crippen LogP contribution in [0.25, 0.3) is 5.70 Å². The Kier molecular flexibility index (Phi) is 1.38. The predicted octanol–water partition coefficient (Wildman–Crippen LogP) is -1.20. The summed E-state index contributed by atoms with van der Waals surface area (Å²) in [5, 5.41) is 1.83. The zero-order valence-corrected chi connectivity index (χ0v) is 7.23. The maximum atomic E-state index is 4.19. The van der Waals surface area contributed by atoms with Crippen molar-refractivity contribution in [2.24, 2.45) is 9.98 Å². The molecule has 0 atom stereocenters. The molecule has 68 valence electrons. The Labute approximate surface area is 79.6 Å². The molecule has 14 heavy (non-hydrogen) atoms. The molecule has 0 unspecified atom stereocenters. The lowest BCUT2D eigenvalue weighted by Gasteiger charge is -1.98. The lowest BCUT2D eigenvalue weighted by atomic mass is 10.2. The molecule has 2 N–H and O–H groups in total. The molecule has 0 aromatic carbocycles. The Morgan fingerprint density at radius 2 is 2.29 bits per heavy atom. The van der Waals surface area contributed by atoms with Gasteiger partial charge in [-0.25, -0.2) is 9.98 Å². The molecule has 5 nitrogen and oxygen atoms in total. The summed E-state index contributed by atoms with van der Waals surface area (Å²) >= 11 is 0. The second-order valence-corrected chi connectivity index (χ2v) is 2.94. The van der Waals surface area contributed by atoms with Crippen LogP contribution in [0.5, 0.6) is 0 Å². The molecule has 3 rings (SSSR count). The van der Waals surface area contributed by atoms with E-state index in [-0.39, 0.29) is 0 Å². The number of hydrazine groups is 1. The Morgan fingerprint density at radius 3 is 3.29 bits per heavy atom. The molecule has 0 saturated carbocycles. The molecule has 0 saturated heterocycles. The molecule has 0 fully saturated rings. The first-order valence-electron chi connectivity index (χ1n) is 4.22. The van der Waals surface area contributed by atoms with E-state index in [1.165, 1.54) is 6.34 Å². The number of fused-ring (bicyclic) bond motifs is 2. The van der Waals surface area contributed by atoms with Crippen molar-refractivity contribution in [3.8, 4) is 0 Å². The summed E-state index contributed by atoms with van der Waals surface area (Å²) in [6.45, 7) is 0. The smallest absolute Gasteiger partial charge is 0.116 e. The maximum Gasteiger partial charge on any atom is 0.116 e. The number of pyridine rings is 1. The van der Waals surface area contributed by atoms with Gasteiger partial charge in [0.25, 0.3) is 0 Å². The van der Waals surface area contributed by atoms with Gasteiger partial charge in [-0.05, 0) is 6.07 Å². The van der Waals surface area contributed by atoms with Gasteiger partial charge in [0.05, 0.1) is 17.3 Å². The van der Waals surface area contributed by atoms with Crippen molar-refractivity contribution in [2.75, 3.05) is 0 Å². The van der Waals surface area contributed by atoms with E-state index in [1.807, 2.05) is 6.07 Å². The highest BCUT2D eigenvalue weighted by molar-refractivity contribution is 5.71. The largest absolute Gasteiger partial charge is 0.306 e. The van der Waals surface area contributed by atoms with Crippen molar-refractivity contribution >= 4 is 12.0 Å². The van der Waals surface area contributed by atoms with Crippen LogP contribution in [-0.2, 0) is 0 Å². The number of aliphatic imine (C=N–C) groups is 1. The molecule has 5 heteroatoms. The summed E-state index contributed by atoms with van der Waals surface area (Å²) < 4.78 is 0. The van der Waals surface area contributed by atoms with Crippen molar-refractivity contribution in [3.05, 3.63) is 40.9 Å².